The van der Waals surface area contributed by atoms with E-state index in [1.165, 1.54) is 0 Å². The molecule has 0 radical (unpaired) electrons. The SMILES string of the molecule is CCOC(=O)N1CCN(C(=O)C(=Cc2ccc(OC)cc2)c2ccccc2)CC1. The average Bonchev–Trinajstić information content (AvgIpc) is 2.78. The predicted molar refractivity (Wildman–Crippen MR) is 112 cm³/mol. The van der Waals surface area contributed by atoms with E-state index < -0.39 is 0 Å². The zero-order valence-electron chi connectivity index (χ0n) is 16.8. The molecule has 1 fully saturated rings. The lowest BCUT2D eigenvalue weighted by atomic mass is 10.0. The topological polar surface area (TPSA) is 59.1 Å². The van der Waals surface area contributed by atoms with E-state index in [4.69, 9.17) is 9.47 Å². The molecule has 6 heteroatoms. The van der Waals surface area contributed by atoms with Crippen molar-refractivity contribution < 1.29 is 19.1 Å². The first-order chi connectivity index (χ1) is 14.1. The number of piperazine rings is 1. The van der Waals surface area contributed by atoms with E-state index in [9.17, 15) is 9.59 Å². The van der Waals surface area contributed by atoms with Crippen LogP contribution in [0.5, 0.6) is 5.75 Å². The summed E-state index contributed by atoms with van der Waals surface area (Å²) in [5.41, 5.74) is 2.41. The molecule has 152 valence electrons. The zero-order chi connectivity index (χ0) is 20.6. The molecule has 0 aliphatic carbocycles. The van der Waals surface area contributed by atoms with Crippen LogP contribution in [0, 0.1) is 0 Å². The lowest BCUT2D eigenvalue weighted by molar-refractivity contribution is -0.126. The normalized spacial score (nSPS) is 14.5. The first-order valence-corrected chi connectivity index (χ1v) is 9.74. The summed E-state index contributed by atoms with van der Waals surface area (Å²) >= 11 is 0. The van der Waals surface area contributed by atoms with Crippen LogP contribution in [0.2, 0.25) is 0 Å². The third-order valence-corrected chi connectivity index (χ3v) is 4.83. The van der Waals surface area contributed by atoms with Crippen LogP contribution < -0.4 is 4.74 Å². The Bertz CT molecular complexity index is 854. The minimum atomic E-state index is -0.323. The smallest absolute Gasteiger partial charge is 0.409 e. The first kappa shape index (κ1) is 20.5. The maximum atomic E-state index is 13.3. The number of nitrogens with zero attached hydrogens (tertiary/aromatic N) is 2. The highest BCUT2D eigenvalue weighted by Gasteiger charge is 2.27. The molecule has 1 aliphatic heterocycles. The van der Waals surface area contributed by atoms with E-state index in [-0.39, 0.29) is 12.0 Å². The molecule has 0 spiro atoms. The van der Waals surface area contributed by atoms with E-state index in [1.54, 1.807) is 23.8 Å². The van der Waals surface area contributed by atoms with Crippen LogP contribution in [0.3, 0.4) is 0 Å². The fourth-order valence-electron chi connectivity index (χ4n) is 3.23. The van der Waals surface area contributed by atoms with Crippen molar-refractivity contribution in [2.45, 2.75) is 6.92 Å². The highest BCUT2D eigenvalue weighted by molar-refractivity contribution is 6.24. The fourth-order valence-corrected chi connectivity index (χ4v) is 3.23. The summed E-state index contributed by atoms with van der Waals surface area (Å²) in [6.07, 6.45) is 1.58. The van der Waals surface area contributed by atoms with Crippen LogP contribution in [0.25, 0.3) is 11.6 Å². The van der Waals surface area contributed by atoms with Crippen molar-refractivity contribution in [1.29, 1.82) is 0 Å². The van der Waals surface area contributed by atoms with Crippen molar-refractivity contribution in [1.82, 2.24) is 9.80 Å². The Kier molecular flexibility index (Phi) is 6.89. The van der Waals surface area contributed by atoms with Crippen LogP contribution in [0.4, 0.5) is 4.79 Å². The second-order valence-corrected chi connectivity index (χ2v) is 6.68. The van der Waals surface area contributed by atoms with Crippen molar-refractivity contribution in [3.05, 3.63) is 65.7 Å². The molecule has 0 N–H and O–H groups in total. The van der Waals surface area contributed by atoms with Crippen LogP contribution in [0.1, 0.15) is 18.1 Å². The molecule has 0 atom stereocenters. The standard InChI is InChI=1S/C23H26N2O4/c1-3-29-23(27)25-15-13-24(14-16-25)22(26)21(19-7-5-4-6-8-19)17-18-9-11-20(28-2)12-10-18/h4-12,17H,3,13-16H2,1-2H3. The first-order valence-electron chi connectivity index (χ1n) is 9.74. The third-order valence-electron chi connectivity index (χ3n) is 4.83. The van der Waals surface area contributed by atoms with Gasteiger partial charge in [-0.1, -0.05) is 42.5 Å². The lowest BCUT2D eigenvalue weighted by Crippen LogP contribution is -2.50. The summed E-state index contributed by atoms with van der Waals surface area (Å²) in [6.45, 7) is 4.02. The molecule has 1 heterocycles. The summed E-state index contributed by atoms with van der Waals surface area (Å²) in [6, 6.07) is 17.2. The summed E-state index contributed by atoms with van der Waals surface area (Å²) in [7, 11) is 1.62. The van der Waals surface area contributed by atoms with Gasteiger partial charge in [0.15, 0.2) is 0 Å². The van der Waals surface area contributed by atoms with Gasteiger partial charge in [-0.15, -0.1) is 0 Å². The Balaban J connectivity index is 1.80. The fraction of sp³-hybridized carbons (Fsp3) is 0.304. The van der Waals surface area contributed by atoms with Gasteiger partial charge in [0.25, 0.3) is 5.91 Å². The molecule has 1 aliphatic rings. The molecular weight excluding hydrogens is 368 g/mol. The van der Waals surface area contributed by atoms with E-state index in [0.717, 1.165) is 16.9 Å². The van der Waals surface area contributed by atoms with Crippen molar-refractivity contribution in [3.8, 4) is 5.75 Å². The number of benzene rings is 2. The number of rotatable bonds is 5. The van der Waals surface area contributed by atoms with Crippen molar-refractivity contribution in [2.24, 2.45) is 0 Å². The van der Waals surface area contributed by atoms with Crippen molar-refractivity contribution in [2.75, 3.05) is 39.9 Å². The van der Waals surface area contributed by atoms with Crippen LogP contribution in [-0.2, 0) is 9.53 Å². The predicted octanol–water partition coefficient (Wildman–Crippen LogP) is 3.54. The molecule has 0 aromatic heterocycles. The number of amides is 2. The number of methoxy groups -OCH3 is 1. The second-order valence-electron chi connectivity index (χ2n) is 6.68. The largest absolute Gasteiger partial charge is 0.497 e. The van der Waals surface area contributed by atoms with Gasteiger partial charge in [0.1, 0.15) is 5.75 Å². The van der Waals surface area contributed by atoms with Gasteiger partial charge in [-0.05, 0) is 36.3 Å². The lowest BCUT2D eigenvalue weighted by Gasteiger charge is -2.34. The Hall–Kier alpha value is -3.28. The minimum absolute atomic E-state index is 0.0458. The molecule has 0 saturated carbocycles. The van der Waals surface area contributed by atoms with Gasteiger partial charge >= 0.3 is 6.09 Å². The summed E-state index contributed by atoms with van der Waals surface area (Å²) in [5, 5.41) is 0. The van der Waals surface area contributed by atoms with E-state index >= 15 is 0 Å². The third kappa shape index (κ3) is 5.16. The molecule has 1 saturated heterocycles. The summed E-state index contributed by atoms with van der Waals surface area (Å²) < 4.78 is 10.3. The Morgan fingerprint density at radius 1 is 0.931 bits per heavy atom. The van der Waals surface area contributed by atoms with Crippen LogP contribution in [0.15, 0.2) is 54.6 Å². The summed E-state index contributed by atoms with van der Waals surface area (Å²) in [4.78, 5) is 28.7. The van der Waals surface area contributed by atoms with Gasteiger partial charge in [0.2, 0.25) is 0 Å². The summed E-state index contributed by atoms with van der Waals surface area (Å²) in [5.74, 6) is 0.723. The number of ether oxygens (including phenoxy) is 2. The maximum absolute atomic E-state index is 13.3. The molecule has 2 aromatic carbocycles. The van der Waals surface area contributed by atoms with Gasteiger partial charge in [0, 0.05) is 31.8 Å². The number of hydrogen-bond acceptors (Lipinski definition) is 4. The Labute approximate surface area is 171 Å². The van der Waals surface area contributed by atoms with Gasteiger partial charge in [0.05, 0.1) is 13.7 Å². The Morgan fingerprint density at radius 2 is 1.55 bits per heavy atom. The molecule has 0 unspecified atom stereocenters. The highest BCUT2D eigenvalue weighted by Crippen LogP contribution is 2.23. The molecular formula is C23H26N2O4. The van der Waals surface area contributed by atoms with E-state index in [1.807, 2.05) is 60.7 Å². The molecule has 2 aromatic rings. The van der Waals surface area contributed by atoms with Crippen LogP contribution in [-0.4, -0.2) is 61.7 Å². The molecule has 2 amide bonds. The maximum Gasteiger partial charge on any atom is 0.409 e. The molecule has 3 rings (SSSR count). The minimum Gasteiger partial charge on any atom is -0.497 e. The quantitative estimate of drug-likeness (QED) is 0.575. The molecule has 29 heavy (non-hydrogen) atoms. The van der Waals surface area contributed by atoms with Crippen molar-refractivity contribution >= 4 is 23.6 Å². The van der Waals surface area contributed by atoms with Gasteiger partial charge in [-0.2, -0.15) is 0 Å². The van der Waals surface area contributed by atoms with Gasteiger partial charge in [-0.25, -0.2) is 4.79 Å². The van der Waals surface area contributed by atoms with Crippen molar-refractivity contribution in [3.63, 3.8) is 0 Å². The van der Waals surface area contributed by atoms with E-state index in [0.29, 0.717) is 38.4 Å². The molecule has 6 nitrogen and oxygen atoms in total. The zero-order valence-corrected chi connectivity index (χ0v) is 16.8. The van der Waals surface area contributed by atoms with Gasteiger partial charge < -0.3 is 19.3 Å². The van der Waals surface area contributed by atoms with Gasteiger partial charge in [-0.3, -0.25) is 4.79 Å². The van der Waals surface area contributed by atoms with E-state index in [2.05, 4.69) is 0 Å². The number of carbonyl (C=O) groups excluding carboxylic acids is 2. The number of carbonyl (C=O) groups is 2. The molecule has 0 bridgehead atoms. The number of hydrogen-bond donors (Lipinski definition) is 0. The second kappa shape index (κ2) is 9.78. The average molecular weight is 394 g/mol. The Morgan fingerprint density at radius 3 is 2.14 bits per heavy atom. The highest BCUT2D eigenvalue weighted by atomic mass is 16.6. The monoisotopic (exact) mass is 394 g/mol. The van der Waals surface area contributed by atoms with Crippen LogP contribution >= 0.6 is 0 Å².